The van der Waals surface area contributed by atoms with Crippen LogP contribution in [0.4, 0.5) is 5.82 Å². The highest BCUT2D eigenvalue weighted by Gasteiger charge is 2.09. The lowest BCUT2D eigenvalue weighted by Crippen LogP contribution is -2.10. The summed E-state index contributed by atoms with van der Waals surface area (Å²) in [6, 6.07) is 8.78. The Morgan fingerprint density at radius 2 is 2.10 bits per heavy atom. The van der Waals surface area contributed by atoms with Crippen LogP contribution in [0.3, 0.4) is 0 Å². The van der Waals surface area contributed by atoms with E-state index in [-0.39, 0.29) is 0 Å². The fraction of sp³-hybridized carbons (Fsp3) is 0. The Morgan fingerprint density at radius 1 is 1.30 bits per heavy atom. The standard InChI is InChI=1S/C13H10N6O/c14-7-9-1-3-10(4-2-9)20-13-12-16-5-6-19(12)8-11(17-13)18-15/h1-6,8,18H,15H2. The van der Waals surface area contributed by atoms with E-state index in [2.05, 4.69) is 15.4 Å². The van der Waals surface area contributed by atoms with Crippen molar-refractivity contribution >= 4 is 11.5 Å². The lowest BCUT2D eigenvalue weighted by Gasteiger charge is -2.08. The molecule has 7 nitrogen and oxygen atoms in total. The quantitative estimate of drug-likeness (QED) is 0.552. The average Bonchev–Trinajstić information content (AvgIpc) is 2.96. The van der Waals surface area contributed by atoms with Crippen molar-refractivity contribution in [2.75, 3.05) is 5.43 Å². The van der Waals surface area contributed by atoms with Crippen molar-refractivity contribution in [3.8, 4) is 17.7 Å². The molecule has 0 unspecified atom stereocenters. The number of nitriles is 1. The lowest BCUT2D eigenvalue weighted by molar-refractivity contribution is 0.465. The summed E-state index contributed by atoms with van der Waals surface area (Å²) in [7, 11) is 0. The van der Waals surface area contributed by atoms with Crippen molar-refractivity contribution in [2.45, 2.75) is 0 Å². The molecule has 98 valence electrons. The zero-order valence-electron chi connectivity index (χ0n) is 10.3. The number of rotatable bonds is 3. The van der Waals surface area contributed by atoms with Crippen LogP contribution in [0.25, 0.3) is 5.65 Å². The number of benzene rings is 1. The molecule has 0 aliphatic heterocycles. The SMILES string of the molecule is N#Cc1ccc(Oc2nc(NN)cn3ccnc23)cc1. The van der Waals surface area contributed by atoms with E-state index in [1.54, 1.807) is 47.3 Å². The van der Waals surface area contributed by atoms with Crippen LogP contribution in [0.1, 0.15) is 5.56 Å². The van der Waals surface area contributed by atoms with Gasteiger partial charge in [0.05, 0.1) is 17.8 Å². The molecule has 1 aromatic carbocycles. The topological polar surface area (TPSA) is 101 Å². The molecule has 2 heterocycles. The fourth-order valence-corrected chi connectivity index (χ4v) is 1.75. The summed E-state index contributed by atoms with van der Waals surface area (Å²) in [5.74, 6) is 6.72. The number of nitrogens with zero attached hydrogens (tertiary/aromatic N) is 4. The van der Waals surface area contributed by atoms with Gasteiger partial charge in [-0.3, -0.25) is 4.40 Å². The second kappa shape index (κ2) is 4.87. The average molecular weight is 266 g/mol. The Hall–Kier alpha value is -3.11. The Kier molecular flexibility index (Phi) is 2.91. The number of fused-ring (bicyclic) bond motifs is 1. The van der Waals surface area contributed by atoms with Crippen LogP contribution in [0.2, 0.25) is 0 Å². The number of hydrogen-bond donors (Lipinski definition) is 2. The van der Waals surface area contributed by atoms with Crippen LogP contribution in [-0.2, 0) is 0 Å². The van der Waals surface area contributed by atoms with E-state index in [0.29, 0.717) is 28.7 Å². The third kappa shape index (κ3) is 2.11. The van der Waals surface area contributed by atoms with Gasteiger partial charge in [0.25, 0.3) is 5.88 Å². The summed E-state index contributed by atoms with van der Waals surface area (Å²) in [6.07, 6.45) is 5.11. The molecule has 2 aromatic heterocycles. The predicted molar refractivity (Wildman–Crippen MR) is 72.0 cm³/mol. The maximum atomic E-state index is 8.76. The van der Waals surface area contributed by atoms with Gasteiger partial charge in [0.15, 0.2) is 5.82 Å². The van der Waals surface area contributed by atoms with Gasteiger partial charge in [0.2, 0.25) is 5.65 Å². The number of hydrazine groups is 1. The van der Waals surface area contributed by atoms with Gasteiger partial charge in [-0.1, -0.05) is 0 Å². The predicted octanol–water partition coefficient (Wildman–Crippen LogP) is 1.68. The third-order valence-corrected chi connectivity index (χ3v) is 2.69. The molecular formula is C13H10N6O. The molecule has 0 aliphatic rings. The van der Waals surface area contributed by atoms with Crippen molar-refractivity contribution in [3.05, 3.63) is 48.4 Å². The molecule has 0 bridgehead atoms. The zero-order chi connectivity index (χ0) is 13.9. The lowest BCUT2D eigenvalue weighted by atomic mass is 10.2. The fourth-order valence-electron chi connectivity index (χ4n) is 1.75. The largest absolute Gasteiger partial charge is 0.436 e. The van der Waals surface area contributed by atoms with Gasteiger partial charge >= 0.3 is 0 Å². The number of nitrogen functional groups attached to an aromatic ring is 1. The highest BCUT2D eigenvalue weighted by molar-refractivity contribution is 5.54. The highest BCUT2D eigenvalue weighted by Crippen LogP contribution is 2.24. The van der Waals surface area contributed by atoms with E-state index >= 15 is 0 Å². The number of nitrogens with one attached hydrogen (secondary N) is 1. The molecule has 0 amide bonds. The molecule has 20 heavy (non-hydrogen) atoms. The molecule has 0 saturated heterocycles. The second-order valence-electron chi connectivity index (χ2n) is 3.97. The summed E-state index contributed by atoms with van der Waals surface area (Å²) < 4.78 is 7.44. The number of ether oxygens (including phenoxy) is 1. The van der Waals surface area contributed by atoms with E-state index in [4.69, 9.17) is 15.8 Å². The maximum absolute atomic E-state index is 8.76. The van der Waals surface area contributed by atoms with Gasteiger partial charge in [-0.25, -0.2) is 10.8 Å². The third-order valence-electron chi connectivity index (χ3n) is 2.69. The first-order valence-electron chi connectivity index (χ1n) is 5.78. The van der Waals surface area contributed by atoms with Crippen molar-refractivity contribution in [2.24, 2.45) is 5.84 Å². The van der Waals surface area contributed by atoms with Gasteiger partial charge < -0.3 is 10.2 Å². The van der Waals surface area contributed by atoms with Gasteiger partial charge in [-0.2, -0.15) is 10.2 Å². The van der Waals surface area contributed by atoms with Crippen molar-refractivity contribution in [1.82, 2.24) is 14.4 Å². The Labute approximate surface area is 114 Å². The molecule has 3 aromatic rings. The first-order chi connectivity index (χ1) is 9.80. The maximum Gasteiger partial charge on any atom is 0.265 e. The summed E-state index contributed by atoms with van der Waals surface area (Å²) in [6.45, 7) is 0. The molecular weight excluding hydrogens is 256 g/mol. The van der Waals surface area contributed by atoms with E-state index < -0.39 is 0 Å². The summed E-state index contributed by atoms with van der Waals surface area (Å²) in [4.78, 5) is 8.40. The summed E-state index contributed by atoms with van der Waals surface area (Å²) >= 11 is 0. The minimum atomic E-state index is 0.329. The van der Waals surface area contributed by atoms with Crippen LogP contribution in [0, 0.1) is 11.3 Å². The van der Waals surface area contributed by atoms with E-state index in [0.717, 1.165) is 0 Å². The second-order valence-corrected chi connectivity index (χ2v) is 3.97. The zero-order valence-corrected chi connectivity index (χ0v) is 10.3. The van der Waals surface area contributed by atoms with Gasteiger partial charge in [0, 0.05) is 12.4 Å². The van der Waals surface area contributed by atoms with Gasteiger partial charge in [-0.15, -0.1) is 0 Å². The molecule has 0 atom stereocenters. The molecule has 7 heteroatoms. The van der Waals surface area contributed by atoms with Crippen LogP contribution < -0.4 is 16.0 Å². The summed E-state index contributed by atoms with van der Waals surface area (Å²) in [5.41, 5.74) is 3.61. The first kappa shape index (κ1) is 12.0. The van der Waals surface area contributed by atoms with Crippen molar-refractivity contribution in [3.63, 3.8) is 0 Å². The smallest absolute Gasteiger partial charge is 0.265 e. The van der Waals surface area contributed by atoms with Gasteiger partial charge in [0.1, 0.15) is 5.75 Å². The highest BCUT2D eigenvalue weighted by atomic mass is 16.5. The molecule has 0 saturated carbocycles. The molecule has 0 fully saturated rings. The van der Waals surface area contributed by atoms with E-state index in [1.807, 2.05) is 6.07 Å². The molecule has 3 rings (SSSR count). The molecule has 0 aliphatic carbocycles. The number of nitrogens with two attached hydrogens (primary N) is 1. The Balaban J connectivity index is 2.00. The van der Waals surface area contributed by atoms with Crippen LogP contribution >= 0.6 is 0 Å². The normalized spacial score (nSPS) is 10.2. The molecule has 0 radical (unpaired) electrons. The van der Waals surface area contributed by atoms with E-state index in [9.17, 15) is 0 Å². The first-order valence-corrected chi connectivity index (χ1v) is 5.78. The number of anilines is 1. The molecule has 3 N–H and O–H groups in total. The van der Waals surface area contributed by atoms with Crippen molar-refractivity contribution < 1.29 is 4.74 Å². The Bertz CT molecular complexity index is 787. The minimum absolute atomic E-state index is 0.329. The molecule has 0 spiro atoms. The van der Waals surface area contributed by atoms with Gasteiger partial charge in [-0.05, 0) is 24.3 Å². The number of hydrogen-bond acceptors (Lipinski definition) is 6. The minimum Gasteiger partial charge on any atom is -0.436 e. The van der Waals surface area contributed by atoms with Crippen LogP contribution in [-0.4, -0.2) is 14.4 Å². The number of imidazole rings is 1. The van der Waals surface area contributed by atoms with Crippen molar-refractivity contribution in [1.29, 1.82) is 5.26 Å². The van der Waals surface area contributed by atoms with Crippen LogP contribution in [0.5, 0.6) is 11.6 Å². The number of aromatic nitrogens is 3. The van der Waals surface area contributed by atoms with E-state index in [1.165, 1.54) is 0 Å². The monoisotopic (exact) mass is 266 g/mol. The van der Waals surface area contributed by atoms with Crippen LogP contribution in [0.15, 0.2) is 42.9 Å². The summed E-state index contributed by atoms with van der Waals surface area (Å²) in [5, 5.41) is 8.76. The Morgan fingerprint density at radius 3 is 2.80 bits per heavy atom.